The highest BCUT2D eigenvalue weighted by Gasteiger charge is 2.41. The maximum atomic E-state index is 12.0. The zero-order chi connectivity index (χ0) is 20.8. The van der Waals surface area contributed by atoms with E-state index in [-0.39, 0.29) is 5.92 Å². The maximum absolute atomic E-state index is 12.0. The maximum Gasteiger partial charge on any atom is 0.119 e. The standard InChI is InChI=1S/C27H31NO2/c1-30-26-14-8-9-22(21-26)15-18-28-19-16-25(17-20-28)27(29,23-10-4-2-5-11-23)24-12-6-3-7-13-24/h2-14,21,25,29H,15-20H2,1H3. The fraction of sp³-hybridized carbons (Fsp3) is 0.333. The Kier molecular flexibility index (Phi) is 6.51. The summed E-state index contributed by atoms with van der Waals surface area (Å²) in [6, 6.07) is 28.7. The van der Waals surface area contributed by atoms with Gasteiger partial charge in [0.25, 0.3) is 0 Å². The van der Waals surface area contributed by atoms with Gasteiger partial charge in [-0.05, 0) is 67.1 Å². The van der Waals surface area contributed by atoms with Crippen molar-refractivity contribution in [2.45, 2.75) is 24.9 Å². The van der Waals surface area contributed by atoms with Crippen molar-refractivity contribution in [3.05, 3.63) is 102 Å². The topological polar surface area (TPSA) is 32.7 Å². The van der Waals surface area contributed by atoms with E-state index in [2.05, 4.69) is 47.4 Å². The van der Waals surface area contributed by atoms with Crippen LogP contribution in [0.15, 0.2) is 84.9 Å². The first kappa shape index (κ1) is 20.6. The van der Waals surface area contributed by atoms with Crippen molar-refractivity contribution in [1.82, 2.24) is 4.90 Å². The summed E-state index contributed by atoms with van der Waals surface area (Å²) < 4.78 is 5.34. The van der Waals surface area contributed by atoms with Gasteiger partial charge < -0.3 is 14.7 Å². The Morgan fingerprint density at radius 2 is 1.47 bits per heavy atom. The molecule has 0 saturated carbocycles. The number of likely N-dealkylation sites (tertiary alicyclic amines) is 1. The molecule has 3 aromatic rings. The SMILES string of the molecule is COc1cccc(CCN2CCC(C(O)(c3ccccc3)c3ccccc3)CC2)c1. The Morgan fingerprint density at radius 1 is 0.867 bits per heavy atom. The van der Waals surface area contributed by atoms with Crippen LogP contribution >= 0.6 is 0 Å². The highest BCUT2D eigenvalue weighted by atomic mass is 16.5. The van der Waals surface area contributed by atoms with E-state index in [1.54, 1.807) is 7.11 Å². The first-order chi connectivity index (χ1) is 14.7. The fourth-order valence-corrected chi connectivity index (χ4v) is 4.71. The Balaban J connectivity index is 1.44. The van der Waals surface area contributed by atoms with Crippen LogP contribution in [0.5, 0.6) is 5.75 Å². The second kappa shape index (κ2) is 9.46. The predicted molar refractivity (Wildman–Crippen MR) is 122 cm³/mol. The van der Waals surface area contributed by atoms with Crippen molar-refractivity contribution < 1.29 is 9.84 Å². The number of aliphatic hydroxyl groups is 1. The van der Waals surface area contributed by atoms with Crippen molar-refractivity contribution in [2.75, 3.05) is 26.7 Å². The van der Waals surface area contributed by atoms with Gasteiger partial charge in [-0.1, -0.05) is 72.8 Å². The van der Waals surface area contributed by atoms with Crippen molar-refractivity contribution >= 4 is 0 Å². The Bertz CT molecular complexity index is 878. The Hall–Kier alpha value is -2.62. The molecule has 3 heteroatoms. The number of piperidine rings is 1. The molecule has 4 rings (SSSR count). The van der Waals surface area contributed by atoms with Gasteiger partial charge >= 0.3 is 0 Å². The number of hydrogen-bond acceptors (Lipinski definition) is 3. The van der Waals surface area contributed by atoms with Crippen LogP contribution in [-0.4, -0.2) is 36.8 Å². The van der Waals surface area contributed by atoms with Crippen LogP contribution in [0.4, 0.5) is 0 Å². The first-order valence-electron chi connectivity index (χ1n) is 10.9. The minimum absolute atomic E-state index is 0.204. The zero-order valence-corrected chi connectivity index (χ0v) is 17.7. The summed E-state index contributed by atoms with van der Waals surface area (Å²) in [6.07, 6.45) is 2.99. The average Bonchev–Trinajstić information content (AvgIpc) is 2.84. The van der Waals surface area contributed by atoms with Gasteiger partial charge in [-0.3, -0.25) is 0 Å². The number of ether oxygens (including phenoxy) is 1. The van der Waals surface area contributed by atoms with Gasteiger partial charge in [0.2, 0.25) is 0 Å². The minimum atomic E-state index is -0.943. The highest BCUT2D eigenvalue weighted by molar-refractivity contribution is 5.37. The molecule has 1 aliphatic rings. The van der Waals surface area contributed by atoms with Gasteiger partial charge in [-0.2, -0.15) is 0 Å². The molecule has 0 bridgehead atoms. The lowest BCUT2D eigenvalue weighted by molar-refractivity contribution is -0.0140. The molecule has 1 N–H and O–H groups in total. The number of hydrogen-bond donors (Lipinski definition) is 1. The van der Waals surface area contributed by atoms with E-state index < -0.39 is 5.60 Å². The second-order valence-electron chi connectivity index (χ2n) is 8.22. The van der Waals surface area contributed by atoms with Gasteiger partial charge in [0.1, 0.15) is 11.4 Å². The van der Waals surface area contributed by atoms with Crippen molar-refractivity contribution in [3.8, 4) is 5.75 Å². The molecule has 3 nitrogen and oxygen atoms in total. The monoisotopic (exact) mass is 401 g/mol. The fourth-order valence-electron chi connectivity index (χ4n) is 4.71. The third kappa shape index (κ3) is 4.43. The van der Waals surface area contributed by atoms with E-state index in [1.165, 1.54) is 5.56 Å². The van der Waals surface area contributed by atoms with Gasteiger partial charge in [0.05, 0.1) is 7.11 Å². The molecular formula is C27H31NO2. The van der Waals surface area contributed by atoms with E-state index in [4.69, 9.17) is 4.74 Å². The number of methoxy groups -OCH3 is 1. The largest absolute Gasteiger partial charge is 0.497 e. The van der Waals surface area contributed by atoms with E-state index in [0.717, 1.165) is 55.8 Å². The quantitative estimate of drug-likeness (QED) is 0.612. The molecule has 0 spiro atoms. The van der Waals surface area contributed by atoms with Gasteiger partial charge in [-0.15, -0.1) is 0 Å². The van der Waals surface area contributed by atoms with E-state index in [1.807, 2.05) is 42.5 Å². The molecule has 1 heterocycles. The number of rotatable bonds is 7. The van der Waals surface area contributed by atoms with E-state index >= 15 is 0 Å². The van der Waals surface area contributed by atoms with Crippen LogP contribution in [0.25, 0.3) is 0 Å². The molecule has 30 heavy (non-hydrogen) atoms. The molecule has 0 aliphatic carbocycles. The average molecular weight is 402 g/mol. The number of benzene rings is 3. The van der Waals surface area contributed by atoms with Crippen molar-refractivity contribution in [1.29, 1.82) is 0 Å². The summed E-state index contributed by atoms with van der Waals surface area (Å²) >= 11 is 0. The van der Waals surface area contributed by atoms with Crippen LogP contribution in [0.2, 0.25) is 0 Å². The second-order valence-corrected chi connectivity index (χ2v) is 8.22. The van der Waals surface area contributed by atoms with Crippen LogP contribution in [0.1, 0.15) is 29.5 Å². The summed E-state index contributed by atoms with van der Waals surface area (Å²) in [5.74, 6) is 1.12. The van der Waals surface area contributed by atoms with Crippen LogP contribution in [0.3, 0.4) is 0 Å². The van der Waals surface area contributed by atoms with E-state index in [9.17, 15) is 5.11 Å². The van der Waals surface area contributed by atoms with E-state index in [0.29, 0.717) is 0 Å². The van der Waals surface area contributed by atoms with Gasteiger partial charge in [0, 0.05) is 6.54 Å². The zero-order valence-electron chi connectivity index (χ0n) is 17.7. The molecule has 1 aliphatic heterocycles. The lowest BCUT2D eigenvalue weighted by Gasteiger charge is -2.42. The first-order valence-corrected chi connectivity index (χ1v) is 10.9. The third-order valence-corrected chi connectivity index (χ3v) is 6.46. The molecule has 1 saturated heterocycles. The summed E-state index contributed by atoms with van der Waals surface area (Å²) in [7, 11) is 1.71. The molecular weight excluding hydrogens is 370 g/mol. The third-order valence-electron chi connectivity index (χ3n) is 6.46. The molecule has 156 valence electrons. The summed E-state index contributed by atoms with van der Waals surface area (Å²) in [5.41, 5.74) is 2.35. The summed E-state index contributed by atoms with van der Waals surface area (Å²) in [5, 5.41) is 12.0. The lowest BCUT2D eigenvalue weighted by atomic mass is 9.72. The molecule has 1 fully saturated rings. The highest BCUT2D eigenvalue weighted by Crippen LogP contribution is 2.41. The Morgan fingerprint density at radius 3 is 2.03 bits per heavy atom. The molecule has 0 radical (unpaired) electrons. The van der Waals surface area contributed by atoms with Gasteiger partial charge in [-0.25, -0.2) is 0 Å². The Labute approximate surface area is 179 Å². The predicted octanol–water partition coefficient (Wildman–Crippen LogP) is 4.89. The molecule has 0 aromatic heterocycles. The normalized spacial score (nSPS) is 15.8. The van der Waals surface area contributed by atoms with Crippen molar-refractivity contribution in [2.24, 2.45) is 5.92 Å². The van der Waals surface area contributed by atoms with Crippen LogP contribution in [0, 0.1) is 5.92 Å². The van der Waals surface area contributed by atoms with Crippen molar-refractivity contribution in [3.63, 3.8) is 0 Å². The smallest absolute Gasteiger partial charge is 0.119 e. The molecule has 0 atom stereocenters. The molecule has 3 aromatic carbocycles. The summed E-state index contributed by atoms with van der Waals surface area (Å²) in [6.45, 7) is 3.06. The number of nitrogens with zero attached hydrogens (tertiary/aromatic N) is 1. The summed E-state index contributed by atoms with van der Waals surface area (Å²) in [4.78, 5) is 2.52. The van der Waals surface area contributed by atoms with Crippen LogP contribution in [-0.2, 0) is 12.0 Å². The minimum Gasteiger partial charge on any atom is -0.497 e. The van der Waals surface area contributed by atoms with Gasteiger partial charge in [0.15, 0.2) is 0 Å². The molecule has 0 amide bonds. The lowest BCUT2D eigenvalue weighted by Crippen LogP contribution is -2.44. The van der Waals surface area contributed by atoms with Crippen LogP contribution < -0.4 is 4.74 Å². The molecule has 0 unspecified atom stereocenters.